The van der Waals surface area contributed by atoms with Gasteiger partial charge in [-0.25, -0.2) is 9.18 Å². The maximum atomic E-state index is 12.8. The fraction of sp³-hybridized carbons (Fsp3) is 0.0588. The molecular formula is C17H12FNO4. The fourth-order valence-corrected chi connectivity index (χ4v) is 2.19. The number of halogens is 1. The standard InChI is InChI=1S/C17H12FNO4/c18-11-3-1-10(2-4-11)9-23-12-5-6-15-13(7-12)16(20)14(8-19-15)17(21)22/h1-8H,9H2,(H,19,20)(H,21,22). The van der Waals surface area contributed by atoms with E-state index in [1.807, 2.05) is 0 Å². The second kappa shape index (κ2) is 5.92. The van der Waals surface area contributed by atoms with E-state index in [0.29, 0.717) is 11.3 Å². The monoisotopic (exact) mass is 313 g/mol. The third-order valence-corrected chi connectivity index (χ3v) is 3.40. The van der Waals surface area contributed by atoms with Gasteiger partial charge in [-0.1, -0.05) is 12.1 Å². The average Bonchev–Trinajstić information content (AvgIpc) is 2.54. The lowest BCUT2D eigenvalue weighted by Gasteiger charge is -2.07. The van der Waals surface area contributed by atoms with E-state index < -0.39 is 11.4 Å². The van der Waals surface area contributed by atoms with Crippen LogP contribution >= 0.6 is 0 Å². The van der Waals surface area contributed by atoms with Crippen LogP contribution in [0.3, 0.4) is 0 Å². The van der Waals surface area contributed by atoms with Crippen molar-refractivity contribution in [2.45, 2.75) is 6.61 Å². The van der Waals surface area contributed by atoms with E-state index in [9.17, 15) is 14.0 Å². The predicted molar refractivity (Wildman–Crippen MR) is 82.3 cm³/mol. The number of rotatable bonds is 4. The van der Waals surface area contributed by atoms with Crippen LogP contribution in [-0.4, -0.2) is 16.1 Å². The normalized spacial score (nSPS) is 10.7. The van der Waals surface area contributed by atoms with Gasteiger partial charge in [0.25, 0.3) is 0 Å². The quantitative estimate of drug-likeness (QED) is 0.776. The molecule has 3 aromatic rings. The highest BCUT2D eigenvalue weighted by molar-refractivity contribution is 5.92. The van der Waals surface area contributed by atoms with Gasteiger partial charge in [-0.2, -0.15) is 0 Å². The molecule has 0 atom stereocenters. The Morgan fingerprint density at radius 3 is 2.61 bits per heavy atom. The summed E-state index contributed by atoms with van der Waals surface area (Å²) in [5.74, 6) is -1.19. The van der Waals surface area contributed by atoms with Crippen molar-refractivity contribution in [1.82, 2.24) is 4.98 Å². The minimum atomic E-state index is -1.29. The summed E-state index contributed by atoms with van der Waals surface area (Å²) in [5.41, 5.74) is 0.403. The lowest BCUT2D eigenvalue weighted by molar-refractivity contribution is 0.0695. The molecule has 23 heavy (non-hydrogen) atoms. The predicted octanol–water partition coefficient (Wildman–Crippen LogP) is 2.94. The summed E-state index contributed by atoms with van der Waals surface area (Å²) in [6, 6.07) is 10.7. The van der Waals surface area contributed by atoms with Crippen molar-refractivity contribution >= 4 is 16.9 Å². The third kappa shape index (κ3) is 3.06. The Morgan fingerprint density at radius 1 is 1.17 bits per heavy atom. The molecule has 0 unspecified atom stereocenters. The molecule has 0 saturated carbocycles. The number of nitrogens with one attached hydrogen (secondary N) is 1. The van der Waals surface area contributed by atoms with E-state index in [0.717, 1.165) is 5.56 Å². The number of fused-ring (bicyclic) bond motifs is 1. The highest BCUT2D eigenvalue weighted by Gasteiger charge is 2.12. The maximum Gasteiger partial charge on any atom is 0.341 e. The lowest BCUT2D eigenvalue weighted by atomic mass is 10.1. The zero-order valence-corrected chi connectivity index (χ0v) is 11.9. The van der Waals surface area contributed by atoms with Crippen LogP contribution in [0.15, 0.2) is 53.5 Å². The van der Waals surface area contributed by atoms with E-state index in [2.05, 4.69) is 4.98 Å². The minimum absolute atomic E-state index is 0.211. The van der Waals surface area contributed by atoms with Gasteiger partial charge in [0, 0.05) is 11.7 Å². The van der Waals surface area contributed by atoms with E-state index in [1.54, 1.807) is 24.3 Å². The summed E-state index contributed by atoms with van der Waals surface area (Å²) in [6.45, 7) is 0.211. The largest absolute Gasteiger partial charge is 0.489 e. The van der Waals surface area contributed by atoms with Crippen molar-refractivity contribution in [3.63, 3.8) is 0 Å². The van der Waals surface area contributed by atoms with Gasteiger partial charge in [0.15, 0.2) is 0 Å². The Morgan fingerprint density at radius 2 is 1.91 bits per heavy atom. The van der Waals surface area contributed by atoms with Crippen molar-refractivity contribution in [2.75, 3.05) is 0 Å². The Hall–Kier alpha value is -3.15. The van der Waals surface area contributed by atoms with Crippen molar-refractivity contribution < 1.29 is 19.0 Å². The number of aromatic nitrogens is 1. The van der Waals surface area contributed by atoms with Gasteiger partial charge in [-0.15, -0.1) is 0 Å². The summed E-state index contributed by atoms with van der Waals surface area (Å²) in [7, 11) is 0. The van der Waals surface area contributed by atoms with E-state index in [-0.39, 0.29) is 23.4 Å². The number of carboxylic acids is 1. The van der Waals surface area contributed by atoms with Crippen LogP contribution in [0, 0.1) is 5.82 Å². The SMILES string of the molecule is O=C(O)c1c[nH]c2ccc(OCc3ccc(F)cc3)cc2c1=O. The number of benzene rings is 2. The molecule has 0 aliphatic heterocycles. The van der Waals surface area contributed by atoms with Gasteiger partial charge in [0.1, 0.15) is 23.7 Å². The molecule has 0 radical (unpaired) electrons. The lowest BCUT2D eigenvalue weighted by Crippen LogP contribution is -2.15. The van der Waals surface area contributed by atoms with Gasteiger partial charge >= 0.3 is 5.97 Å². The zero-order chi connectivity index (χ0) is 16.4. The highest BCUT2D eigenvalue weighted by atomic mass is 19.1. The van der Waals surface area contributed by atoms with Crippen molar-refractivity contribution in [2.24, 2.45) is 0 Å². The number of aromatic amines is 1. The summed E-state index contributed by atoms with van der Waals surface area (Å²) >= 11 is 0. The first-order chi connectivity index (χ1) is 11.0. The number of hydrogen-bond acceptors (Lipinski definition) is 3. The van der Waals surface area contributed by atoms with E-state index >= 15 is 0 Å². The van der Waals surface area contributed by atoms with E-state index in [4.69, 9.17) is 9.84 Å². The molecule has 0 spiro atoms. The molecule has 5 nitrogen and oxygen atoms in total. The smallest absolute Gasteiger partial charge is 0.341 e. The Balaban J connectivity index is 1.90. The van der Waals surface area contributed by atoms with Crippen LogP contribution in [0.4, 0.5) is 4.39 Å². The maximum absolute atomic E-state index is 12.8. The summed E-state index contributed by atoms with van der Waals surface area (Å²) in [4.78, 5) is 25.9. The number of carbonyl (C=O) groups is 1. The van der Waals surface area contributed by atoms with Gasteiger partial charge < -0.3 is 14.8 Å². The van der Waals surface area contributed by atoms with E-state index in [1.165, 1.54) is 24.4 Å². The highest BCUT2D eigenvalue weighted by Crippen LogP contribution is 2.18. The second-order valence-corrected chi connectivity index (χ2v) is 4.96. The molecule has 1 aromatic heterocycles. The number of hydrogen-bond donors (Lipinski definition) is 2. The Bertz CT molecular complexity index is 931. The number of H-pyrrole nitrogens is 1. The molecule has 0 fully saturated rings. The molecule has 0 bridgehead atoms. The number of carboxylic acid groups (broad SMARTS) is 1. The molecule has 0 aliphatic carbocycles. The minimum Gasteiger partial charge on any atom is -0.489 e. The van der Waals surface area contributed by atoms with Crippen LogP contribution in [0.2, 0.25) is 0 Å². The van der Waals surface area contributed by atoms with Gasteiger partial charge in [0.05, 0.1) is 5.39 Å². The molecule has 0 saturated heterocycles. The number of ether oxygens (including phenoxy) is 1. The molecule has 1 heterocycles. The molecule has 3 rings (SSSR count). The van der Waals surface area contributed by atoms with Crippen LogP contribution < -0.4 is 10.2 Å². The molecule has 0 aliphatic rings. The molecule has 0 amide bonds. The van der Waals surface area contributed by atoms with Crippen LogP contribution in [-0.2, 0) is 6.61 Å². The van der Waals surface area contributed by atoms with Crippen LogP contribution in [0.1, 0.15) is 15.9 Å². The van der Waals surface area contributed by atoms with Gasteiger partial charge in [-0.3, -0.25) is 4.79 Å². The molecule has 2 N–H and O–H groups in total. The van der Waals surface area contributed by atoms with Crippen LogP contribution in [0.5, 0.6) is 5.75 Å². The first-order valence-electron chi connectivity index (χ1n) is 6.80. The summed E-state index contributed by atoms with van der Waals surface area (Å²) in [5, 5.41) is 9.22. The Kier molecular flexibility index (Phi) is 3.80. The number of aromatic carboxylic acids is 1. The van der Waals surface area contributed by atoms with Gasteiger partial charge in [-0.05, 0) is 35.9 Å². The van der Waals surface area contributed by atoms with Gasteiger partial charge in [0.2, 0.25) is 5.43 Å². The van der Waals surface area contributed by atoms with Crippen molar-refractivity contribution in [1.29, 1.82) is 0 Å². The number of pyridine rings is 1. The first-order valence-corrected chi connectivity index (χ1v) is 6.80. The Labute approximate surface area is 130 Å². The zero-order valence-electron chi connectivity index (χ0n) is 11.9. The molecule has 116 valence electrons. The third-order valence-electron chi connectivity index (χ3n) is 3.40. The van der Waals surface area contributed by atoms with Crippen LogP contribution in [0.25, 0.3) is 10.9 Å². The topological polar surface area (TPSA) is 79.4 Å². The van der Waals surface area contributed by atoms with Crippen molar-refractivity contribution in [3.05, 3.63) is 75.8 Å². The fourth-order valence-electron chi connectivity index (χ4n) is 2.19. The first kappa shape index (κ1) is 14.8. The second-order valence-electron chi connectivity index (χ2n) is 4.96. The molecule has 2 aromatic carbocycles. The molecular weight excluding hydrogens is 301 g/mol. The molecule has 6 heteroatoms. The summed E-state index contributed by atoms with van der Waals surface area (Å²) < 4.78 is 18.4. The summed E-state index contributed by atoms with van der Waals surface area (Å²) in [6.07, 6.45) is 1.17. The van der Waals surface area contributed by atoms with Crippen molar-refractivity contribution in [3.8, 4) is 5.75 Å². The average molecular weight is 313 g/mol.